The molecule has 0 spiro atoms. The lowest BCUT2D eigenvalue weighted by atomic mass is 9.93. The fourth-order valence-corrected chi connectivity index (χ4v) is 3.71. The highest BCUT2D eigenvalue weighted by atomic mass is 32.1. The Morgan fingerprint density at radius 1 is 1.59 bits per heavy atom. The summed E-state index contributed by atoms with van der Waals surface area (Å²) in [5, 5.41) is 9.61. The van der Waals surface area contributed by atoms with E-state index in [4.69, 9.17) is 4.74 Å². The van der Waals surface area contributed by atoms with Gasteiger partial charge in [-0.05, 0) is 43.2 Å². The van der Waals surface area contributed by atoms with E-state index in [9.17, 15) is 4.79 Å². The minimum Gasteiger partial charge on any atom is -0.383 e. The molecule has 0 bridgehead atoms. The van der Waals surface area contributed by atoms with Crippen LogP contribution in [0.4, 0.5) is 0 Å². The summed E-state index contributed by atoms with van der Waals surface area (Å²) < 4.78 is 7.13. The van der Waals surface area contributed by atoms with Gasteiger partial charge in [0.25, 0.3) is 5.91 Å². The smallest absolute Gasteiger partial charge is 0.252 e. The first-order valence-electron chi connectivity index (χ1n) is 7.59. The molecule has 0 saturated heterocycles. The molecule has 2 aromatic heterocycles. The van der Waals surface area contributed by atoms with Crippen LogP contribution in [0.15, 0.2) is 17.6 Å². The van der Waals surface area contributed by atoms with Gasteiger partial charge in [0, 0.05) is 12.0 Å². The SMILES string of the molecule is COCCn1ncc2c1C(NC(=O)c1ccsc1C)CCC2. The number of carbonyl (C=O) groups excluding carboxylic acids is 1. The monoisotopic (exact) mass is 319 g/mol. The van der Waals surface area contributed by atoms with Gasteiger partial charge in [-0.25, -0.2) is 0 Å². The van der Waals surface area contributed by atoms with Gasteiger partial charge in [-0.15, -0.1) is 11.3 Å². The van der Waals surface area contributed by atoms with Gasteiger partial charge < -0.3 is 10.1 Å². The Morgan fingerprint density at radius 2 is 2.45 bits per heavy atom. The number of hydrogen-bond acceptors (Lipinski definition) is 4. The molecular formula is C16H21N3O2S. The van der Waals surface area contributed by atoms with Crippen molar-refractivity contribution in [2.24, 2.45) is 0 Å². The highest BCUT2D eigenvalue weighted by molar-refractivity contribution is 7.10. The van der Waals surface area contributed by atoms with Crippen molar-refractivity contribution in [1.82, 2.24) is 15.1 Å². The number of methoxy groups -OCH3 is 1. The number of amides is 1. The van der Waals surface area contributed by atoms with Gasteiger partial charge in [-0.3, -0.25) is 9.48 Å². The number of carbonyl (C=O) groups is 1. The lowest BCUT2D eigenvalue weighted by molar-refractivity contribution is 0.0930. The first kappa shape index (κ1) is 15.2. The third kappa shape index (κ3) is 2.94. The van der Waals surface area contributed by atoms with Gasteiger partial charge in [-0.1, -0.05) is 0 Å². The molecule has 1 atom stereocenters. The molecule has 2 aromatic rings. The first-order valence-corrected chi connectivity index (χ1v) is 8.47. The number of fused-ring (bicyclic) bond motifs is 1. The zero-order chi connectivity index (χ0) is 15.5. The van der Waals surface area contributed by atoms with Crippen molar-refractivity contribution in [3.63, 3.8) is 0 Å². The van der Waals surface area contributed by atoms with Crippen LogP contribution < -0.4 is 5.32 Å². The van der Waals surface area contributed by atoms with Gasteiger partial charge in [0.2, 0.25) is 0 Å². The molecule has 22 heavy (non-hydrogen) atoms. The molecule has 0 saturated carbocycles. The lowest BCUT2D eigenvalue weighted by Crippen LogP contribution is -2.33. The van der Waals surface area contributed by atoms with Crippen molar-refractivity contribution in [3.05, 3.63) is 39.3 Å². The molecule has 1 aliphatic rings. The van der Waals surface area contributed by atoms with Crippen LogP contribution in [-0.4, -0.2) is 29.4 Å². The van der Waals surface area contributed by atoms with E-state index < -0.39 is 0 Å². The molecule has 0 aromatic carbocycles. The Morgan fingerprint density at radius 3 is 3.18 bits per heavy atom. The minimum atomic E-state index is 0.0103. The van der Waals surface area contributed by atoms with E-state index in [1.807, 2.05) is 29.2 Å². The molecule has 2 heterocycles. The summed E-state index contributed by atoms with van der Waals surface area (Å²) in [6.07, 6.45) is 5.00. The van der Waals surface area contributed by atoms with Crippen LogP contribution >= 0.6 is 11.3 Å². The fraction of sp³-hybridized carbons (Fsp3) is 0.500. The summed E-state index contributed by atoms with van der Waals surface area (Å²) in [7, 11) is 1.69. The standard InChI is InChI=1S/C16H21N3O2S/c1-11-13(6-9-22-11)16(20)18-14-5-3-4-12-10-17-19(15(12)14)7-8-21-2/h6,9-10,14H,3-5,7-8H2,1-2H3,(H,18,20). The highest BCUT2D eigenvalue weighted by Gasteiger charge is 2.27. The van der Waals surface area contributed by atoms with Crippen LogP contribution in [0.3, 0.4) is 0 Å². The Balaban J connectivity index is 1.80. The van der Waals surface area contributed by atoms with Gasteiger partial charge >= 0.3 is 0 Å². The maximum atomic E-state index is 12.5. The second-order valence-electron chi connectivity index (χ2n) is 5.58. The molecule has 1 N–H and O–H groups in total. The molecule has 6 heteroatoms. The highest BCUT2D eigenvalue weighted by Crippen LogP contribution is 2.30. The molecule has 1 unspecified atom stereocenters. The largest absolute Gasteiger partial charge is 0.383 e. The van der Waals surface area contributed by atoms with Gasteiger partial charge in [-0.2, -0.15) is 5.10 Å². The average Bonchev–Trinajstić information content (AvgIpc) is 3.12. The average molecular weight is 319 g/mol. The van der Waals surface area contributed by atoms with Gasteiger partial charge in [0.1, 0.15) is 0 Å². The predicted octanol–water partition coefficient (Wildman–Crippen LogP) is 2.71. The number of rotatable bonds is 5. The Labute approximate surface area is 134 Å². The van der Waals surface area contributed by atoms with Crippen molar-refractivity contribution in [3.8, 4) is 0 Å². The minimum absolute atomic E-state index is 0.0103. The summed E-state index contributed by atoms with van der Waals surface area (Å²) in [6.45, 7) is 3.32. The van der Waals surface area contributed by atoms with Crippen LogP contribution in [0.25, 0.3) is 0 Å². The van der Waals surface area contributed by atoms with E-state index in [1.165, 1.54) is 5.56 Å². The van der Waals surface area contributed by atoms with Crippen LogP contribution in [0.5, 0.6) is 0 Å². The van der Waals surface area contributed by atoms with E-state index in [0.717, 1.165) is 41.9 Å². The molecule has 118 valence electrons. The zero-order valence-corrected chi connectivity index (χ0v) is 13.8. The number of nitrogens with one attached hydrogen (secondary N) is 1. The first-order chi connectivity index (χ1) is 10.7. The van der Waals surface area contributed by atoms with Gasteiger partial charge in [0.15, 0.2) is 0 Å². The second-order valence-corrected chi connectivity index (χ2v) is 6.70. The molecule has 5 nitrogen and oxygen atoms in total. The fourth-order valence-electron chi connectivity index (χ4n) is 3.02. The number of aryl methyl sites for hydroxylation is 2. The number of nitrogens with zero attached hydrogens (tertiary/aromatic N) is 2. The number of aromatic nitrogens is 2. The van der Waals surface area contributed by atoms with Crippen LogP contribution in [0.1, 0.15) is 45.4 Å². The summed E-state index contributed by atoms with van der Waals surface area (Å²) in [6, 6.07) is 1.93. The van der Waals surface area contributed by atoms with Gasteiger partial charge in [0.05, 0.1) is 36.6 Å². The molecule has 1 amide bonds. The Hall–Kier alpha value is -1.66. The van der Waals surface area contributed by atoms with E-state index in [-0.39, 0.29) is 11.9 Å². The molecule has 1 aliphatic carbocycles. The number of hydrogen-bond donors (Lipinski definition) is 1. The Kier molecular flexibility index (Phi) is 4.59. The quantitative estimate of drug-likeness (QED) is 0.922. The topological polar surface area (TPSA) is 56.1 Å². The maximum Gasteiger partial charge on any atom is 0.252 e. The molecule has 0 fully saturated rings. The third-order valence-electron chi connectivity index (χ3n) is 4.15. The van der Waals surface area contributed by atoms with Crippen molar-refractivity contribution in [2.45, 2.75) is 38.8 Å². The van der Waals surface area contributed by atoms with Crippen molar-refractivity contribution in [2.75, 3.05) is 13.7 Å². The number of thiophene rings is 1. The summed E-state index contributed by atoms with van der Waals surface area (Å²) in [5.41, 5.74) is 3.17. The zero-order valence-electron chi connectivity index (χ0n) is 13.0. The van der Waals surface area contributed by atoms with E-state index in [1.54, 1.807) is 18.4 Å². The van der Waals surface area contributed by atoms with Crippen LogP contribution in [-0.2, 0) is 17.7 Å². The van der Waals surface area contributed by atoms with Crippen molar-refractivity contribution < 1.29 is 9.53 Å². The summed E-state index contributed by atoms with van der Waals surface area (Å²) in [4.78, 5) is 13.5. The van der Waals surface area contributed by atoms with E-state index >= 15 is 0 Å². The lowest BCUT2D eigenvalue weighted by Gasteiger charge is -2.25. The van der Waals surface area contributed by atoms with Crippen molar-refractivity contribution >= 4 is 17.2 Å². The molecule has 0 aliphatic heterocycles. The van der Waals surface area contributed by atoms with Crippen LogP contribution in [0, 0.1) is 6.92 Å². The number of ether oxygens (including phenoxy) is 1. The Bertz CT molecular complexity index is 662. The van der Waals surface area contributed by atoms with Crippen molar-refractivity contribution in [1.29, 1.82) is 0 Å². The summed E-state index contributed by atoms with van der Waals surface area (Å²) >= 11 is 1.60. The predicted molar refractivity (Wildman–Crippen MR) is 86.3 cm³/mol. The van der Waals surface area contributed by atoms with Crippen LogP contribution in [0.2, 0.25) is 0 Å². The van der Waals surface area contributed by atoms with E-state index in [0.29, 0.717) is 6.61 Å². The molecule has 0 radical (unpaired) electrons. The molecule has 3 rings (SSSR count). The second kappa shape index (κ2) is 6.62. The maximum absolute atomic E-state index is 12.5. The third-order valence-corrected chi connectivity index (χ3v) is 4.99. The molecular weight excluding hydrogens is 298 g/mol. The normalized spacial score (nSPS) is 17.3. The summed E-state index contributed by atoms with van der Waals surface area (Å²) in [5.74, 6) is 0.0103. The van der Waals surface area contributed by atoms with E-state index in [2.05, 4.69) is 10.4 Å².